The molecule has 0 aromatic rings. The van der Waals surface area contributed by atoms with E-state index in [4.69, 9.17) is 14.7 Å². The predicted octanol–water partition coefficient (Wildman–Crippen LogP) is 3.79. The van der Waals surface area contributed by atoms with Crippen molar-refractivity contribution < 1.29 is 19.1 Å². The Morgan fingerprint density at radius 2 is 1.18 bits per heavy atom. The number of nitrogens with one attached hydrogen (secondary N) is 3. The Bertz CT molecular complexity index is 579. The number of rotatable bonds is 16. The zero-order chi connectivity index (χ0) is 25.2. The molecule has 0 saturated heterocycles. The number of hydrogen-bond acceptors (Lipinski definition) is 7. The molecule has 0 fully saturated rings. The highest BCUT2D eigenvalue weighted by atomic mass is 16.6. The summed E-state index contributed by atoms with van der Waals surface area (Å²) in [5.74, 6) is 0. The second-order valence-electron chi connectivity index (χ2n) is 10.1. The van der Waals surface area contributed by atoms with Crippen LogP contribution in [0.2, 0.25) is 0 Å². The number of amides is 2. The van der Waals surface area contributed by atoms with Crippen LogP contribution < -0.4 is 16.0 Å². The molecule has 33 heavy (non-hydrogen) atoms. The van der Waals surface area contributed by atoms with E-state index in [0.717, 1.165) is 64.8 Å². The highest BCUT2D eigenvalue weighted by Crippen LogP contribution is 2.07. The third-order valence-corrected chi connectivity index (χ3v) is 4.38. The molecule has 0 spiro atoms. The van der Waals surface area contributed by atoms with Crippen LogP contribution in [0.3, 0.4) is 0 Å². The van der Waals surface area contributed by atoms with Crippen LogP contribution in [-0.4, -0.2) is 74.1 Å². The first-order chi connectivity index (χ1) is 15.4. The van der Waals surface area contributed by atoms with E-state index in [1.807, 2.05) is 41.5 Å². The topological polar surface area (TPSA) is 116 Å². The van der Waals surface area contributed by atoms with Crippen molar-refractivity contribution in [2.75, 3.05) is 45.8 Å². The van der Waals surface area contributed by atoms with Gasteiger partial charge in [-0.3, -0.25) is 0 Å². The summed E-state index contributed by atoms with van der Waals surface area (Å²) in [6.45, 7) is 16.7. The molecule has 2 amide bonds. The average molecular weight is 470 g/mol. The minimum atomic E-state index is -0.495. The first kappa shape index (κ1) is 30.9. The number of hydrogen-bond donors (Lipinski definition) is 3. The Labute approximate surface area is 200 Å². The molecule has 0 aromatic carbocycles. The molecule has 192 valence electrons. The van der Waals surface area contributed by atoms with Crippen molar-refractivity contribution in [3.8, 4) is 6.07 Å². The lowest BCUT2D eigenvalue weighted by Crippen LogP contribution is -2.35. The predicted molar refractivity (Wildman–Crippen MR) is 131 cm³/mol. The Kier molecular flexibility index (Phi) is 16.3. The van der Waals surface area contributed by atoms with Crippen LogP contribution in [0.4, 0.5) is 9.59 Å². The van der Waals surface area contributed by atoms with Gasteiger partial charge in [0.1, 0.15) is 11.2 Å². The molecule has 0 radical (unpaired) electrons. The third kappa shape index (κ3) is 22.9. The van der Waals surface area contributed by atoms with E-state index < -0.39 is 11.2 Å². The van der Waals surface area contributed by atoms with Crippen molar-refractivity contribution in [1.29, 1.82) is 5.26 Å². The first-order valence-corrected chi connectivity index (χ1v) is 12.2. The molecule has 0 unspecified atom stereocenters. The fourth-order valence-corrected chi connectivity index (χ4v) is 2.96. The Balaban J connectivity index is 4.22. The van der Waals surface area contributed by atoms with Gasteiger partial charge in [-0.05, 0) is 99.8 Å². The number of nitrogens with zero attached hydrogens (tertiary/aromatic N) is 2. The number of unbranched alkanes of at least 4 members (excludes halogenated alkanes) is 2. The first-order valence-electron chi connectivity index (χ1n) is 12.2. The average Bonchev–Trinajstić information content (AvgIpc) is 2.66. The minimum Gasteiger partial charge on any atom is -0.444 e. The largest absolute Gasteiger partial charge is 0.444 e. The van der Waals surface area contributed by atoms with Crippen molar-refractivity contribution >= 4 is 12.2 Å². The molecule has 9 heteroatoms. The van der Waals surface area contributed by atoms with E-state index in [2.05, 4.69) is 26.9 Å². The van der Waals surface area contributed by atoms with Crippen LogP contribution in [0.15, 0.2) is 0 Å². The van der Waals surface area contributed by atoms with Crippen LogP contribution in [0, 0.1) is 11.3 Å². The Morgan fingerprint density at radius 3 is 1.67 bits per heavy atom. The van der Waals surface area contributed by atoms with Crippen LogP contribution >= 0.6 is 0 Å². The van der Waals surface area contributed by atoms with Gasteiger partial charge in [-0.2, -0.15) is 5.26 Å². The molecule has 0 saturated carbocycles. The zero-order valence-corrected chi connectivity index (χ0v) is 21.7. The second kappa shape index (κ2) is 17.4. The van der Waals surface area contributed by atoms with Crippen molar-refractivity contribution in [3.05, 3.63) is 0 Å². The smallest absolute Gasteiger partial charge is 0.407 e. The summed E-state index contributed by atoms with van der Waals surface area (Å²) in [5.41, 5.74) is -0.984. The highest BCUT2D eigenvalue weighted by molar-refractivity contribution is 5.67. The minimum absolute atomic E-state index is 0.378. The fourth-order valence-electron chi connectivity index (χ4n) is 2.96. The Hall–Kier alpha value is -2.05. The normalized spacial score (nSPS) is 11.7. The van der Waals surface area contributed by atoms with Gasteiger partial charge in [0, 0.05) is 26.1 Å². The highest BCUT2D eigenvalue weighted by Gasteiger charge is 2.16. The summed E-state index contributed by atoms with van der Waals surface area (Å²) < 4.78 is 10.5. The number of carbonyl (C=O) groups is 2. The maximum absolute atomic E-state index is 11.8. The molecule has 0 rings (SSSR count). The maximum Gasteiger partial charge on any atom is 0.407 e. The fraction of sp³-hybridized carbons (Fsp3) is 0.875. The van der Waals surface area contributed by atoms with Gasteiger partial charge in [0.05, 0.1) is 6.07 Å². The molecule has 0 aromatic heterocycles. The molecule has 3 N–H and O–H groups in total. The summed E-state index contributed by atoms with van der Waals surface area (Å²) in [4.78, 5) is 25.9. The van der Waals surface area contributed by atoms with E-state index in [9.17, 15) is 9.59 Å². The molecular formula is C24H47N5O4. The molecule has 0 aliphatic carbocycles. The van der Waals surface area contributed by atoms with Crippen LogP contribution in [0.1, 0.15) is 80.1 Å². The lowest BCUT2D eigenvalue weighted by molar-refractivity contribution is 0.0513. The molecule has 0 heterocycles. The standard InChI is InChI=1S/C24H47N5O4/c1-23(2,3)32-21(30)27-16-8-10-19-29(18-9-7-14-26-15-11-13-25)20-12-17-28-22(31)33-24(4,5)6/h26H,7-12,14-20H2,1-6H3,(H,27,30)(H,28,31). The molecule has 0 aliphatic rings. The number of ether oxygens (including phenoxy) is 2. The van der Waals surface area contributed by atoms with Gasteiger partial charge >= 0.3 is 12.2 Å². The molecule has 0 atom stereocenters. The second-order valence-corrected chi connectivity index (χ2v) is 10.1. The number of carbonyl (C=O) groups excluding carboxylic acids is 2. The quantitative estimate of drug-likeness (QED) is 0.295. The SMILES string of the molecule is CC(C)(C)OC(=O)NCCCCN(CCCCNCCC#N)CCCNC(=O)OC(C)(C)C. The van der Waals surface area contributed by atoms with Gasteiger partial charge < -0.3 is 30.3 Å². The van der Waals surface area contributed by atoms with E-state index >= 15 is 0 Å². The van der Waals surface area contributed by atoms with Crippen molar-refractivity contribution in [3.63, 3.8) is 0 Å². The van der Waals surface area contributed by atoms with Crippen LogP contribution in [0.5, 0.6) is 0 Å². The molecule has 0 bridgehead atoms. The third-order valence-electron chi connectivity index (χ3n) is 4.38. The van der Waals surface area contributed by atoms with Gasteiger partial charge in [-0.1, -0.05) is 0 Å². The van der Waals surface area contributed by atoms with Gasteiger partial charge in [0.2, 0.25) is 0 Å². The van der Waals surface area contributed by atoms with Crippen LogP contribution in [-0.2, 0) is 9.47 Å². The van der Waals surface area contributed by atoms with E-state index in [1.165, 1.54) is 0 Å². The number of alkyl carbamates (subject to hydrolysis) is 2. The van der Waals surface area contributed by atoms with E-state index in [-0.39, 0.29) is 12.2 Å². The summed E-state index contributed by atoms with van der Waals surface area (Å²) >= 11 is 0. The van der Waals surface area contributed by atoms with Gasteiger partial charge in [-0.25, -0.2) is 9.59 Å². The van der Waals surface area contributed by atoms with Gasteiger partial charge in [0.15, 0.2) is 0 Å². The lowest BCUT2D eigenvalue weighted by atomic mass is 10.2. The van der Waals surface area contributed by atoms with E-state index in [0.29, 0.717) is 19.5 Å². The van der Waals surface area contributed by atoms with Crippen molar-refractivity contribution in [2.24, 2.45) is 0 Å². The maximum atomic E-state index is 11.8. The van der Waals surface area contributed by atoms with Crippen LogP contribution in [0.25, 0.3) is 0 Å². The Morgan fingerprint density at radius 1 is 0.727 bits per heavy atom. The summed E-state index contributed by atoms with van der Waals surface area (Å²) in [6.07, 6.45) is 4.58. The lowest BCUT2D eigenvalue weighted by Gasteiger charge is -2.23. The molecule has 9 nitrogen and oxygen atoms in total. The van der Waals surface area contributed by atoms with Crippen molar-refractivity contribution in [1.82, 2.24) is 20.9 Å². The molecule has 0 aliphatic heterocycles. The van der Waals surface area contributed by atoms with Gasteiger partial charge in [0.25, 0.3) is 0 Å². The van der Waals surface area contributed by atoms with Crippen molar-refractivity contribution in [2.45, 2.75) is 91.3 Å². The number of nitriles is 1. The summed E-state index contributed by atoms with van der Waals surface area (Å²) in [5, 5.41) is 17.5. The summed E-state index contributed by atoms with van der Waals surface area (Å²) in [7, 11) is 0. The zero-order valence-electron chi connectivity index (χ0n) is 21.7. The monoisotopic (exact) mass is 469 g/mol. The summed E-state index contributed by atoms with van der Waals surface area (Å²) in [6, 6.07) is 2.13. The molecular weight excluding hydrogens is 422 g/mol. The van der Waals surface area contributed by atoms with Gasteiger partial charge in [-0.15, -0.1) is 0 Å². The van der Waals surface area contributed by atoms with E-state index in [1.54, 1.807) is 0 Å².